The fourth-order valence-electron chi connectivity index (χ4n) is 1.46. The van der Waals surface area contributed by atoms with E-state index in [9.17, 15) is 5.11 Å². The third-order valence-electron chi connectivity index (χ3n) is 2.55. The Balaban J connectivity index is 0. The minimum absolute atomic E-state index is 0. The maximum Gasteiger partial charge on any atom is 0.104 e. The first-order valence-corrected chi connectivity index (χ1v) is 4.65. The summed E-state index contributed by atoms with van der Waals surface area (Å²) in [6.07, 6.45) is 1.79. The number of nitrogens with zero attached hydrogens (tertiary/aromatic N) is 1. The maximum atomic E-state index is 10.2. The molecule has 0 bridgehead atoms. The van der Waals surface area contributed by atoms with Gasteiger partial charge in [0.15, 0.2) is 0 Å². The molecule has 0 heterocycles. The molecule has 1 atom stereocenters. The van der Waals surface area contributed by atoms with E-state index in [1.807, 2.05) is 20.8 Å². The van der Waals surface area contributed by atoms with E-state index in [0.717, 1.165) is 18.6 Å². The van der Waals surface area contributed by atoms with Gasteiger partial charge < -0.3 is 5.11 Å². The van der Waals surface area contributed by atoms with Crippen LogP contribution in [0.3, 0.4) is 0 Å². The zero-order valence-corrected chi connectivity index (χ0v) is 11.4. The van der Waals surface area contributed by atoms with Crippen LogP contribution >= 0.6 is 0 Å². The second-order valence-electron chi connectivity index (χ2n) is 3.64. The van der Waals surface area contributed by atoms with Gasteiger partial charge in [-0.2, -0.15) is 0 Å². The van der Waals surface area contributed by atoms with Gasteiger partial charge in [0, 0.05) is 51.4 Å². The molecular weight excluding hydrogens is 309 g/mol. The van der Waals surface area contributed by atoms with Crippen molar-refractivity contribution < 1.29 is 43.7 Å². The van der Waals surface area contributed by atoms with E-state index in [1.165, 1.54) is 0 Å². The Morgan fingerprint density at radius 2 is 1.92 bits per heavy atom. The summed E-state index contributed by atoms with van der Waals surface area (Å²) in [5.41, 5.74) is 0.156. The summed E-state index contributed by atoms with van der Waals surface area (Å²) in [5, 5.41) is 10.2. The molecule has 0 spiro atoms. The van der Waals surface area contributed by atoms with Crippen LogP contribution in [-0.4, -0.2) is 23.5 Å². The van der Waals surface area contributed by atoms with Crippen molar-refractivity contribution in [2.45, 2.75) is 46.1 Å². The smallest absolute Gasteiger partial charge is 0.104 e. The molecule has 0 aliphatic rings. The first kappa shape index (κ1) is 16.3. The van der Waals surface area contributed by atoms with Crippen LogP contribution in [0.2, 0.25) is 0 Å². The second-order valence-corrected chi connectivity index (χ2v) is 3.64. The van der Waals surface area contributed by atoms with Crippen LogP contribution in [0.25, 0.3) is 0 Å². The summed E-state index contributed by atoms with van der Waals surface area (Å²) in [5.74, 6) is 0.237. The molecule has 1 radical (unpaired) electrons. The van der Waals surface area contributed by atoms with Crippen molar-refractivity contribution in [1.29, 1.82) is 0 Å². The average molecular weight is 330 g/mol. The van der Waals surface area contributed by atoms with Gasteiger partial charge in [0.25, 0.3) is 0 Å². The standard InChI is InChI=1S/C10H21NO.Tb/c1-6-7-10(12,8(2)3)9(4)11-5;/h8,12H,6-7H2,1-5H3;. The molecule has 2 nitrogen and oxygen atoms in total. The fourth-order valence-corrected chi connectivity index (χ4v) is 1.46. The Kier molecular flexibility index (Phi) is 9.10. The summed E-state index contributed by atoms with van der Waals surface area (Å²) in [6.45, 7) is 8.04. The van der Waals surface area contributed by atoms with E-state index < -0.39 is 5.60 Å². The van der Waals surface area contributed by atoms with Gasteiger partial charge in [-0.3, -0.25) is 4.99 Å². The van der Waals surface area contributed by atoms with Gasteiger partial charge in [0.1, 0.15) is 5.60 Å². The van der Waals surface area contributed by atoms with Gasteiger partial charge in [-0.25, -0.2) is 0 Å². The topological polar surface area (TPSA) is 32.6 Å². The van der Waals surface area contributed by atoms with Crippen molar-refractivity contribution in [3.63, 3.8) is 0 Å². The molecule has 13 heavy (non-hydrogen) atoms. The fraction of sp³-hybridized carbons (Fsp3) is 0.900. The average Bonchev–Trinajstić information content (AvgIpc) is 2.03. The normalized spacial score (nSPS) is 16.7. The molecular formula is C10H21NOTb. The van der Waals surface area contributed by atoms with Crippen molar-refractivity contribution in [2.75, 3.05) is 7.05 Å². The van der Waals surface area contributed by atoms with Gasteiger partial charge in [-0.1, -0.05) is 27.2 Å². The monoisotopic (exact) mass is 330 g/mol. The van der Waals surface area contributed by atoms with Crippen LogP contribution < -0.4 is 0 Å². The second kappa shape index (κ2) is 7.24. The minimum Gasteiger partial charge on any atom is -0.384 e. The van der Waals surface area contributed by atoms with E-state index in [1.54, 1.807) is 7.05 Å². The van der Waals surface area contributed by atoms with Gasteiger partial charge in [-0.15, -0.1) is 0 Å². The number of aliphatic imine (C=N–C) groups is 1. The molecule has 0 aromatic heterocycles. The van der Waals surface area contributed by atoms with Crippen molar-refractivity contribution >= 4 is 5.71 Å². The molecule has 0 fully saturated rings. The first-order chi connectivity index (χ1) is 5.49. The Hall–Kier alpha value is 0.916. The Bertz CT molecular complexity index is 168. The zero-order valence-electron chi connectivity index (χ0n) is 9.22. The van der Waals surface area contributed by atoms with Crippen LogP contribution in [0, 0.1) is 44.5 Å². The van der Waals surface area contributed by atoms with E-state index in [4.69, 9.17) is 0 Å². The van der Waals surface area contributed by atoms with Crippen LogP contribution in [0.5, 0.6) is 0 Å². The molecule has 0 saturated heterocycles. The van der Waals surface area contributed by atoms with Crippen LogP contribution in [-0.2, 0) is 0 Å². The predicted molar refractivity (Wildman–Crippen MR) is 53.7 cm³/mol. The molecule has 1 unspecified atom stereocenters. The largest absolute Gasteiger partial charge is 0.384 e. The van der Waals surface area contributed by atoms with Gasteiger partial charge in [0.05, 0.1) is 0 Å². The van der Waals surface area contributed by atoms with Crippen molar-refractivity contribution in [3.05, 3.63) is 0 Å². The van der Waals surface area contributed by atoms with Gasteiger partial charge in [-0.05, 0) is 19.3 Å². The summed E-state index contributed by atoms with van der Waals surface area (Å²) < 4.78 is 0. The molecule has 0 amide bonds. The third-order valence-corrected chi connectivity index (χ3v) is 2.55. The molecule has 3 heteroatoms. The number of aliphatic hydroxyl groups is 1. The number of rotatable bonds is 4. The third kappa shape index (κ3) is 4.30. The zero-order chi connectivity index (χ0) is 9.78. The van der Waals surface area contributed by atoms with Crippen molar-refractivity contribution in [3.8, 4) is 0 Å². The maximum absolute atomic E-state index is 10.2. The first-order valence-electron chi connectivity index (χ1n) is 4.65. The Morgan fingerprint density at radius 3 is 2.15 bits per heavy atom. The quantitative estimate of drug-likeness (QED) is 0.788. The molecule has 0 aromatic carbocycles. The van der Waals surface area contributed by atoms with Crippen LogP contribution in [0.1, 0.15) is 40.5 Å². The Morgan fingerprint density at radius 1 is 1.46 bits per heavy atom. The van der Waals surface area contributed by atoms with Gasteiger partial charge in [0.2, 0.25) is 0 Å². The van der Waals surface area contributed by atoms with Crippen LogP contribution in [0.4, 0.5) is 0 Å². The molecule has 0 rings (SSSR count). The van der Waals surface area contributed by atoms with E-state index in [2.05, 4.69) is 11.9 Å². The SMILES string of the molecule is CCCC(O)(C(C)=NC)C(C)C.[Tb]. The minimum atomic E-state index is -0.691. The summed E-state index contributed by atoms with van der Waals surface area (Å²) in [4.78, 5) is 4.07. The molecule has 1 N–H and O–H groups in total. The molecule has 0 aliphatic heterocycles. The molecule has 0 aromatic rings. The molecule has 0 saturated carbocycles. The van der Waals surface area contributed by atoms with Gasteiger partial charge >= 0.3 is 0 Å². The predicted octanol–water partition coefficient (Wildman–Crippen LogP) is 2.26. The van der Waals surface area contributed by atoms with Crippen molar-refractivity contribution in [1.82, 2.24) is 0 Å². The van der Waals surface area contributed by atoms with Crippen molar-refractivity contribution in [2.24, 2.45) is 10.9 Å². The van der Waals surface area contributed by atoms with E-state index in [-0.39, 0.29) is 44.5 Å². The summed E-state index contributed by atoms with van der Waals surface area (Å²) >= 11 is 0. The molecule has 0 aliphatic carbocycles. The van der Waals surface area contributed by atoms with E-state index in [0.29, 0.717) is 0 Å². The molecule has 81 valence electrons. The number of hydrogen-bond donors (Lipinski definition) is 1. The summed E-state index contributed by atoms with van der Waals surface area (Å²) in [6, 6.07) is 0. The number of hydrogen-bond acceptors (Lipinski definition) is 2. The van der Waals surface area contributed by atoms with Crippen LogP contribution in [0.15, 0.2) is 4.99 Å². The summed E-state index contributed by atoms with van der Waals surface area (Å²) in [7, 11) is 1.73. The Labute approximate surface area is 113 Å². The van der Waals surface area contributed by atoms with E-state index >= 15 is 0 Å².